The standard InChI is InChI=1S/C27H42O3.H2OP/c1-5-6-7-8-9-10-11-12-15-23(26(29)30)27(16-13-14-17-27)25(28)24-21(3)18-20(2)19-22(24)4;1-2/h18-19,23H,5-17H2,1-4H3,(H,29,30);2H2/q;+1. The van der Waals surface area contributed by atoms with E-state index < -0.39 is 17.3 Å². The molecule has 5 heteroatoms. The summed E-state index contributed by atoms with van der Waals surface area (Å²) in [5.74, 6) is -1.26. The van der Waals surface area contributed by atoms with Crippen LogP contribution in [-0.2, 0) is 9.36 Å². The first-order valence-corrected chi connectivity index (χ1v) is 12.9. The largest absolute Gasteiger partial charge is 0.481 e. The summed E-state index contributed by atoms with van der Waals surface area (Å²) in [6.07, 6.45) is 13.5. The summed E-state index contributed by atoms with van der Waals surface area (Å²) in [6.45, 7) is 8.25. The zero-order chi connectivity index (χ0) is 24.1. The van der Waals surface area contributed by atoms with E-state index in [0.717, 1.165) is 47.9 Å². The van der Waals surface area contributed by atoms with Gasteiger partial charge in [-0.1, -0.05) is 93.4 Å². The lowest BCUT2D eigenvalue weighted by atomic mass is 9.66. The third-order valence-electron chi connectivity index (χ3n) is 7.16. The van der Waals surface area contributed by atoms with Crippen LogP contribution in [-0.4, -0.2) is 16.9 Å². The summed E-state index contributed by atoms with van der Waals surface area (Å²) in [7, 11) is 1.17. The van der Waals surface area contributed by atoms with Crippen molar-refractivity contribution in [2.45, 2.75) is 111 Å². The van der Waals surface area contributed by atoms with Gasteiger partial charge >= 0.3 is 15.1 Å². The quantitative estimate of drug-likeness (QED) is 0.184. The van der Waals surface area contributed by atoms with E-state index in [0.29, 0.717) is 19.3 Å². The molecule has 0 aromatic heterocycles. The predicted octanol–water partition coefficient (Wildman–Crippen LogP) is 7.79. The van der Waals surface area contributed by atoms with Crippen molar-refractivity contribution < 1.29 is 19.3 Å². The van der Waals surface area contributed by atoms with Gasteiger partial charge in [0.15, 0.2) is 5.78 Å². The Labute approximate surface area is 197 Å². The number of carbonyl (C=O) groups excluding carboxylic acids is 1. The summed E-state index contributed by atoms with van der Waals surface area (Å²) >= 11 is 0. The van der Waals surface area contributed by atoms with Crippen LogP contribution in [0.15, 0.2) is 12.1 Å². The molecule has 180 valence electrons. The van der Waals surface area contributed by atoms with Gasteiger partial charge in [0.05, 0.1) is 5.92 Å². The van der Waals surface area contributed by atoms with E-state index in [1.807, 2.05) is 20.8 Å². The highest BCUT2D eigenvalue weighted by molar-refractivity contribution is 7.00. The highest BCUT2D eigenvalue weighted by Crippen LogP contribution is 2.49. The van der Waals surface area contributed by atoms with Crippen LogP contribution in [0.3, 0.4) is 0 Å². The van der Waals surface area contributed by atoms with Gasteiger partial charge in [0.2, 0.25) is 0 Å². The number of hydrogen-bond donors (Lipinski definition) is 1. The van der Waals surface area contributed by atoms with E-state index in [-0.39, 0.29) is 5.78 Å². The van der Waals surface area contributed by atoms with Gasteiger partial charge in [-0.3, -0.25) is 9.59 Å². The molecule has 1 aliphatic rings. The van der Waals surface area contributed by atoms with Gasteiger partial charge in [-0.05, 0) is 51.2 Å². The molecule has 2 unspecified atom stereocenters. The monoisotopic (exact) mass is 463 g/mol. The summed E-state index contributed by atoms with van der Waals surface area (Å²) < 4.78 is 8.17. The van der Waals surface area contributed by atoms with Crippen molar-refractivity contribution in [2.75, 3.05) is 0 Å². The average molecular weight is 464 g/mol. The van der Waals surface area contributed by atoms with Gasteiger partial charge in [-0.25, -0.2) is 0 Å². The number of rotatable bonds is 13. The minimum absolute atomic E-state index is 0.0852. The molecule has 1 aromatic rings. The molecular weight excluding hydrogens is 419 g/mol. The van der Waals surface area contributed by atoms with Crippen molar-refractivity contribution in [2.24, 2.45) is 11.3 Å². The molecule has 1 aliphatic carbocycles. The summed E-state index contributed by atoms with van der Waals surface area (Å²) in [4.78, 5) is 26.2. The third-order valence-corrected chi connectivity index (χ3v) is 7.16. The SMILES string of the molecule is CCCCCCCCCCC(C(=O)O)C1(C(=O)c2c(C)cc(C)cc2C)CCCC1.O=[PH2+]. The van der Waals surface area contributed by atoms with E-state index in [9.17, 15) is 14.7 Å². The maximum Gasteiger partial charge on any atom is 0.310 e. The van der Waals surface area contributed by atoms with E-state index >= 15 is 0 Å². The fraction of sp³-hybridized carbons (Fsp3) is 0.704. The highest BCUT2D eigenvalue weighted by atomic mass is 31.0. The van der Waals surface area contributed by atoms with E-state index in [4.69, 9.17) is 4.57 Å². The number of aryl methyl sites for hydroxylation is 3. The molecule has 2 atom stereocenters. The van der Waals surface area contributed by atoms with Crippen molar-refractivity contribution in [3.8, 4) is 0 Å². The number of unbranched alkanes of at least 4 members (excludes halogenated alkanes) is 7. The van der Waals surface area contributed by atoms with Crippen molar-refractivity contribution in [1.82, 2.24) is 0 Å². The van der Waals surface area contributed by atoms with Crippen LogP contribution < -0.4 is 0 Å². The van der Waals surface area contributed by atoms with Crippen LogP contribution in [0.2, 0.25) is 0 Å². The first-order chi connectivity index (χ1) is 15.3. The molecule has 1 N–H and O–H groups in total. The first-order valence-electron chi connectivity index (χ1n) is 12.4. The molecule has 0 saturated heterocycles. The van der Waals surface area contributed by atoms with E-state index in [2.05, 4.69) is 19.1 Å². The molecule has 0 heterocycles. The molecule has 0 amide bonds. The van der Waals surface area contributed by atoms with Crippen LogP contribution in [0.25, 0.3) is 0 Å². The molecular formula is C27H44O4P+. The van der Waals surface area contributed by atoms with Gasteiger partial charge in [-0.2, -0.15) is 0 Å². The molecule has 0 spiro atoms. The maximum absolute atomic E-state index is 13.8. The number of ketones is 1. The number of aliphatic carboxylic acids is 1. The van der Waals surface area contributed by atoms with Crippen molar-refractivity contribution in [1.29, 1.82) is 0 Å². The average Bonchev–Trinajstić information content (AvgIpc) is 3.23. The Morgan fingerprint density at radius 1 is 0.906 bits per heavy atom. The van der Waals surface area contributed by atoms with Gasteiger partial charge in [0.25, 0.3) is 0 Å². The summed E-state index contributed by atoms with van der Waals surface area (Å²) in [5, 5.41) is 10.1. The van der Waals surface area contributed by atoms with Gasteiger partial charge in [0.1, 0.15) is 0 Å². The maximum atomic E-state index is 13.8. The fourth-order valence-corrected chi connectivity index (χ4v) is 5.65. The molecule has 32 heavy (non-hydrogen) atoms. The molecule has 0 radical (unpaired) electrons. The Kier molecular flexibility index (Phi) is 13.0. The van der Waals surface area contributed by atoms with E-state index in [1.54, 1.807) is 0 Å². The second kappa shape index (κ2) is 14.6. The number of benzene rings is 1. The fourth-order valence-electron chi connectivity index (χ4n) is 5.65. The highest BCUT2D eigenvalue weighted by Gasteiger charge is 2.50. The molecule has 0 bridgehead atoms. The molecule has 4 nitrogen and oxygen atoms in total. The van der Waals surface area contributed by atoms with Crippen LogP contribution in [0, 0.1) is 32.1 Å². The lowest BCUT2D eigenvalue weighted by molar-refractivity contribution is -0.146. The predicted molar refractivity (Wildman–Crippen MR) is 135 cm³/mol. The Balaban J connectivity index is 0.00000249. The number of carboxylic acids is 1. The molecule has 1 saturated carbocycles. The Morgan fingerprint density at radius 2 is 1.38 bits per heavy atom. The minimum atomic E-state index is -0.782. The van der Waals surface area contributed by atoms with Crippen LogP contribution in [0.1, 0.15) is 117 Å². The Bertz CT molecular complexity index is 714. The Morgan fingerprint density at radius 3 is 1.84 bits per heavy atom. The van der Waals surface area contributed by atoms with E-state index in [1.165, 1.54) is 47.6 Å². The van der Waals surface area contributed by atoms with Gasteiger partial charge in [0, 0.05) is 11.0 Å². The van der Waals surface area contributed by atoms with Crippen LogP contribution >= 0.6 is 9.12 Å². The molecule has 1 aromatic carbocycles. The summed E-state index contributed by atoms with van der Waals surface area (Å²) in [6, 6.07) is 4.11. The second-order valence-electron chi connectivity index (χ2n) is 9.62. The van der Waals surface area contributed by atoms with Crippen LogP contribution in [0.5, 0.6) is 0 Å². The zero-order valence-electron chi connectivity index (χ0n) is 20.7. The lowest BCUT2D eigenvalue weighted by Crippen LogP contribution is -2.41. The van der Waals surface area contributed by atoms with Crippen molar-refractivity contribution >= 4 is 20.9 Å². The van der Waals surface area contributed by atoms with Gasteiger partial charge in [-0.15, -0.1) is 0 Å². The second-order valence-corrected chi connectivity index (χ2v) is 9.62. The third kappa shape index (κ3) is 7.51. The zero-order valence-corrected chi connectivity index (χ0v) is 21.8. The molecule has 2 rings (SSSR count). The van der Waals surface area contributed by atoms with Crippen LogP contribution in [0.4, 0.5) is 0 Å². The van der Waals surface area contributed by atoms with Gasteiger partial charge < -0.3 is 5.11 Å². The number of carbonyl (C=O) groups is 2. The van der Waals surface area contributed by atoms with Crippen molar-refractivity contribution in [3.05, 3.63) is 34.4 Å². The molecule has 1 fully saturated rings. The number of hydrogen-bond acceptors (Lipinski definition) is 3. The Hall–Kier alpha value is -1.54. The normalized spacial score (nSPS) is 15.6. The number of Topliss-reactive ketones (excluding diaryl/α,β-unsaturated/α-hetero) is 1. The molecule has 0 aliphatic heterocycles. The summed E-state index contributed by atoms with van der Waals surface area (Å²) in [5.41, 5.74) is 3.16. The number of carboxylic acid groups (broad SMARTS) is 1. The minimum Gasteiger partial charge on any atom is -0.481 e. The van der Waals surface area contributed by atoms with Crippen molar-refractivity contribution in [3.63, 3.8) is 0 Å². The smallest absolute Gasteiger partial charge is 0.310 e. The topological polar surface area (TPSA) is 71.4 Å². The lowest BCUT2D eigenvalue weighted by Gasteiger charge is -2.35. The first kappa shape index (κ1) is 28.5.